The van der Waals surface area contributed by atoms with Crippen molar-refractivity contribution in [1.29, 1.82) is 10.5 Å². The predicted molar refractivity (Wildman–Crippen MR) is 146 cm³/mol. The molecule has 0 aliphatic carbocycles. The molecule has 0 bridgehead atoms. The first kappa shape index (κ1) is 28.7. The van der Waals surface area contributed by atoms with Crippen LogP contribution in [0.15, 0.2) is 65.8 Å². The van der Waals surface area contributed by atoms with E-state index >= 15 is 0 Å². The lowest BCUT2D eigenvalue weighted by Crippen LogP contribution is -2.42. The Kier molecular flexibility index (Phi) is 7.93. The number of carbonyl (C=O) groups is 1. The van der Waals surface area contributed by atoms with E-state index in [2.05, 4.69) is 5.16 Å². The normalized spacial score (nSPS) is 16.7. The molecular formula is C29H19Cl2F3N4O2. The lowest BCUT2D eigenvalue weighted by molar-refractivity contribution is -0.275. The largest absolute Gasteiger partial charge is 0.435 e. The Hall–Kier alpha value is -4.31. The Morgan fingerprint density at radius 3 is 2.35 bits per heavy atom. The van der Waals surface area contributed by atoms with Crippen molar-refractivity contribution in [1.82, 2.24) is 0 Å². The van der Waals surface area contributed by atoms with Gasteiger partial charge < -0.3 is 9.74 Å². The lowest BCUT2D eigenvalue weighted by atomic mass is 9.88. The zero-order chi connectivity index (χ0) is 29.2. The molecule has 0 radical (unpaired) electrons. The molecule has 0 spiro atoms. The molecule has 3 aromatic carbocycles. The first-order valence-corrected chi connectivity index (χ1v) is 12.4. The molecule has 1 heterocycles. The van der Waals surface area contributed by atoms with E-state index in [-0.39, 0.29) is 26.9 Å². The van der Waals surface area contributed by atoms with Crippen LogP contribution in [0.3, 0.4) is 0 Å². The van der Waals surface area contributed by atoms with Gasteiger partial charge in [-0.15, -0.1) is 0 Å². The molecule has 3 aromatic rings. The summed E-state index contributed by atoms with van der Waals surface area (Å²) in [5, 5.41) is 22.4. The fourth-order valence-corrected chi connectivity index (χ4v) is 4.81. The zero-order valence-electron chi connectivity index (χ0n) is 21.1. The number of nitrogens with zero attached hydrogens (tertiary/aromatic N) is 4. The van der Waals surface area contributed by atoms with Gasteiger partial charge in [-0.05, 0) is 72.7 Å². The molecule has 1 aliphatic heterocycles. The Morgan fingerprint density at radius 1 is 1.05 bits per heavy atom. The molecule has 0 saturated carbocycles. The fourth-order valence-electron chi connectivity index (χ4n) is 4.28. The summed E-state index contributed by atoms with van der Waals surface area (Å²) in [6.07, 6.45) is -2.57. The van der Waals surface area contributed by atoms with Crippen LogP contribution in [0.1, 0.15) is 44.6 Å². The van der Waals surface area contributed by atoms with Crippen LogP contribution in [0.25, 0.3) is 6.08 Å². The molecule has 4 rings (SSSR count). The van der Waals surface area contributed by atoms with E-state index < -0.39 is 24.1 Å². The van der Waals surface area contributed by atoms with Gasteiger partial charge in [0.25, 0.3) is 11.5 Å². The second-order valence-corrected chi connectivity index (χ2v) is 9.93. The van der Waals surface area contributed by atoms with E-state index in [0.29, 0.717) is 27.9 Å². The van der Waals surface area contributed by atoms with Gasteiger partial charge in [-0.3, -0.25) is 4.79 Å². The van der Waals surface area contributed by atoms with Crippen LogP contribution in [0, 0.1) is 29.6 Å². The smallest absolute Gasteiger partial charge is 0.374 e. The van der Waals surface area contributed by atoms with Crippen molar-refractivity contribution >= 4 is 46.6 Å². The molecule has 1 unspecified atom stereocenters. The maximum atomic E-state index is 14.2. The maximum Gasteiger partial charge on any atom is 0.435 e. The molecule has 11 heteroatoms. The Balaban J connectivity index is 1.61. The van der Waals surface area contributed by atoms with Crippen molar-refractivity contribution in [2.45, 2.75) is 25.1 Å². The van der Waals surface area contributed by atoms with Crippen LogP contribution in [-0.4, -0.2) is 24.8 Å². The molecule has 1 aliphatic rings. The number of hydrogen-bond donors (Lipinski definition) is 0. The highest BCUT2D eigenvalue weighted by Gasteiger charge is 2.62. The second-order valence-electron chi connectivity index (χ2n) is 9.06. The summed E-state index contributed by atoms with van der Waals surface area (Å²) in [5.74, 6) is -0.400. The molecule has 0 saturated heterocycles. The van der Waals surface area contributed by atoms with Crippen molar-refractivity contribution in [3.05, 3.63) is 104 Å². The molecule has 202 valence electrons. The average molecular weight is 583 g/mol. The molecule has 40 heavy (non-hydrogen) atoms. The topological polar surface area (TPSA) is 89.5 Å². The van der Waals surface area contributed by atoms with Crippen molar-refractivity contribution in [3.8, 4) is 12.1 Å². The minimum atomic E-state index is -4.83. The number of oxime groups is 1. The third kappa shape index (κ3) is 5.53. The molecule has 1 atom stereocenters. The number of benzene rings is 3. The van der Waals surface area contributed by atoms with E-state index in [0.717, 1.165) is 12.1 Å². The van der Waals surface area contributed by atoms with Gasteiger partial charge in [-0.2, -0.15) is 23.7 Å². The van der Waals surface area contributed by atoms with Crippen molar-refractivity contribution in [2.75, 3.05) is 11.9 Å². The Bertz CT molecular complexity index is 1630. The summed E-state index contributed by atoms with van der Waals surface area (Å²) in [7, 11) is 1.51. The minimum Gasteiger partial charge on any atom is -0.374 e. The number of amides is 1. The van der Waals surface area contributed by atoms with Gasteiger partial charge in [-0.1, -0.05) is 40.5 Å². The first-order chi connectivity index (χ1) is 18.9. The number of nitriles is 2. The number of aryl methyl sites for hydroxylation is 1. The fraction of sp³-hybridized carbons (Fsp3) is 0.172. The number of halogens is 5. The average Bonchev–Trinajstić information content (AvgIpc) is 3.36. The van der Waals surface area contributed by atoms with Crippen molar-refractivity contribution in [2.24, 2.45) is 5.16 Å². The third-order valence-electron chi connectivity index (χ3n) is 6.40. The number of carbonyl (C=O) groups excluding carboxylic acids is 1. The summed E-state index contributed by atoms with van der Waals surface area (Å²) in [5.41, 5.74) is -0.650. The van der Waals surface area contributed by atoms with Gasteiger partial charge in [0.2, 0.25) is 0 Å². The van der Waals surface area contributed by atoms with E-state index in [1.54, 1.807) is 31.2 Å². The molecule has 0 N–H and O–H groups in total. The number of alkyl halides is 3. The quantitative estimate of drug-likeness (QED) is 0.310. The molecule has 1 amide bonds. The highest BCUT2D eigenvalue weighted by atomic mass is 35.5. The lowest BCUT2D eigenvalue weighted by Gasteiger charge is -2.29. The number of allylic oxidation sites excluding steroid dienone is 1. The van der Waals surface area contributed by atoms with Gasteiger partial charge >= 0.3 is 6.18 Å². The minimum absolute atomic E-state index is 0.0111. The highest BCUT2D eigenvalue weighted by molar-refractivity contribution is 6.34. The van der Waals surface area contributed by atoms with Gasteiger partial charge in [0.1, 0.15) is 6.07 Å². The summed E-state index contributed by atoms with van der Waals surface area (Å²) >= 11 is 11.9. The summed E-state index contributed by atoms with van der Waals surface area (Å²) < 4.78 is 42.7. The van der Waals surface area contributed by atoms with Crippen molar-refractivity contribution in [3.63, 3.8) is 0 Å². The van der Waals surface area contributed by atoms with E-state index in [1.807, 2.05) is 12.1 Å². The summed E-state index contributed by atoms with van der Waals surface area (Å²) in [6.45, 7) is 1.70. The standard InChI is InChI=1S/C29H19Cl2F3N4O2/c1-17-9-19(15-35)5-8-25(17)27(39)38(2)26-10-18(3-6-20(26)16-36)4-7-24-14-28(40-37-24,29(32,33)34)21-11-22(30)13-23(31)12-21/h3-13H,14H2,1-2H3/b7-4+. The van der Waals surface area contributed by atoms with Crippen LogP contribution in [0.4, 0.5) is 18.9 Å². The highest BCUT2D eigenvalue weighted by Crippen LogP contribution is 2.49. The monoisotopic (exact) mass is 582 g/mol. The first-order valence-electron chi connectivity index (χ1n) is 11.7. The predicted octanol–water partition coefficient (Wildman–Crippen LogP) is 7.57. The number of anilines is 1. The molecule has 0 aromatic heterocycles. The second kappa shape index (κ2) is 11.1. The van der Waals surface area contributed by atoms with Crippen molar-refractivity contribution < 1.29 is 22.8 Å². The van der Waals surface area contributed by atoms with Crippen LogP contribution < -0.4 is 4.90 Å². The van der Waals surface area contributed by atoms with Crippen LogP contribution in [0.2, 0.25) is 10.0 Å². The van der Waals surface area contributed by atoms with E-state index in [4.69, 9.17) is 33.3 Å². The van der Waals surface area contributed by atoms with E-state index in [9.17, 15) is 23.2 Å². The molecular weight excluding hydrogens is 564 g/mol. The van der Waals surface area contributed by atoms with Gasteiger partial charge in [0, 0.05) is 34.6 Å². The van der Waals surface area contributed by atoms with Gasteiger partial charge in [0.05, 0.1) is 28.6 Å². The number of hydrogen-bond acceptors (Lipinski definition) is 5. The van der Waals surface area contributed by atoms with E-state index in [1.165, 1.54) is 42.3 Å². The Labute approximate surface area is 238 Å². The summed E-state index contributed by atoms with van der Waals surface area (Å²) in [6, 6.07) is 17.0. The molecule has 0 fully saturated rings. The SMILES string of the molecule is Cc1cc(C#N)ccc1C(=O)N(C)c1cc(/C=C/C2=NOC(c3cc(Cl)cc(Cl)c3)(C(F)(F)F)C2)ccc1C#N. The van der Waals surface area contributed by atoms with Crippen LogP contribution >= 0.6 is 23.2 Å². The Morgan fingerprint density at radius 2 is 1.75 bits per heavy atom. The third-order valence-corrected chi connectivity index (χ3v) is 6.83. The van der Waals surface area contributed by atoms with Gasteiger partial charge in [-0.25, -0.2) is 0 Å². The number of rotatable bonds is 5. The van der Waals surface area contributed by atoms with Crippen LogP contribution in [0.5, 0.6) is 0 Å². The maximum absolute atomic E-state index is 14.2. The van der Waals surface area contributed by atoms with Gasteiger partial charge in [0.15, 0.2) is 0 Å². The zero-order valence-corrected chi connectivity index (χ0v) is 22.6. The molecule has 6 nitrogen and oxygen atoms in total. The summed E-state index contributed by atoms with van der Waals surface area (Å²) in [4.78, 5) is 19.5. The van der Waals surface area contributed by atoms with Crippen LogP contribution in [-0.2, 0) is 10.4 Å².